The zero-order chi connectivity index (χ0) is 14.2. The second-order valence-electron chi connectivity index (χ2n) is 5.09. The molecule has 0 spiro atoms. The summed E-state index contributed by atoms with van der Waals surface area (Å²) in [5, 5.41) is 20.2. The van der Waals surface area contributed by atoms with E-state index in [1.807, 2.05) is 0 Å². The molecule has 1 aromatic carbocycles. The number of nitrogen functional groups attached to an aromatic ring is 1. The molecule has 7 heteroatoms. The summed E-state index contributed by atoms with van der Waals surface area (Å²) in [4.78, 5) is 12.1. The third-order valence-electron chi connectivity index (χ3n) is 3.46. The lowest BCUT2D eigenvalue weighted by molar-refractivity contribution is 0.0264. The minimum Gasteiger partial charge on any atom is -0.399 e. The largest absolute Gasteiger partial charge is 0.399 e. The molecule has 1 aliphatic rings. The van der Waals surface area contributed by atoms with Crippen LogP contribution in [0, 0.1) is 0 Å². The highest BCUT2D eigenvalue weighted by molar-refractivity contribution is 6.05. The van der Waals surface area contributed by atoms with Crippen molar-refractivity contribution in [2.24, 2.45) is 0 Å². The van der Waals surface area contributed by atoms with Crippen molar-refractivity contribution in [3.05, 3.63) is 23.9 Å². The Balaban J connectivity index is 1.77. The lowest BCUT2D eigenvalue weighted by Crippen LogP contribution is -2.43. The van der Waals surface area contributed by atoms with E-state index in [-0.39, 0.29) is 24.8 Å². The van der Waals surface area contributed by atoms with Crippen molar-refractivity contribution in [1.82, 2.24) is 15.5 Å². The number of aromatic amines is 1. The number of fused-ring (bicyclic) bond motifs is 1. The van der Waals surface area contributed by atoms with Crippen LogP contribution in [-0.2, 0) is 4.74 Å². The number of rotatable bonds is 3. The molecule has 106 valence electrons. The maximum absolute atomic E-state index is 12.1. The van der Waals surface area contributed by atoms with Gasteiger partial charge in [-0.2, -0.15) is 5.10 Å². The number of hydrogen-bond acceptors (Lipinski definition) is 5. The third kappa shape index (κ3) is 2.33. The van der Waals surface area contributed by atoms with E-state index < -0.39 is 5.60 Å². The summed E-state index contributed by atoms with van der Waals surface area (Å²) in [6, 6.07) is 5.20. The number of aliphatic hydroxyl groups is 1. The molecule has 1 amide bonds. The molecular formula is C13H16N4O3. The number of amides is 1. The van der Waals surface area contributed by atoms with Crippen molar-refractivity contribution in [2.45, 2.75) is 12.0 Å². The monoisotopic (exact) mass is 276 g/mol. The van der Waals surface area contributed by atoms with Gasteiger partial charge in [0, 0.05) is 30.6 Å². The first kappa shape index (κ1) is 12.9. The summed E-state index contributed by atoms with van der Waals surface area (Å²) in [7, 11) is 0. The predicted octanol–water partition coefficient (Wildman–Crippen LogP) is 0.0263. The number of benzene rings is 1. The molecule has 0 radical (unpaired) electrons. The van der Waals surface area contributed by atoms with Crippen LogP contribution < -0.4 is 11.1 Å². The van der Waals surface area contributed by atoms with Crippen molar-refractivity contribution < 1.29 is 14.6 Å². The number of hydrogen-bond donors (Lipinski definition) is 4. The van der Waals surface area contributed by atoms with Gasteiger partial charge in [0.15, 0.2) is 5.69 Å². The van der Waals surface area contributed by atoms with Gasteiger partial charge >= 0.3 is 0 Å². The fourth-order valence-electron chi connectivity index (χ4n) is 2.27. The Hall–Kier alpha value is -2.12. The van der Waals surface area contributed by atoms with E-state index in [0.29, 0.717) is 24.1 Å². The summed E-state index contributed by atoms with van der Waals surface area (Å²) in [5.74, 6) is -0.345. The molecule has 20 heavy (non-hydrogen) atoms. The Kier molecular flexibility index (Phi) is 3.07. The Morgan fingerprint density at radius 1 is 1.60 bits per heavy atom. The summed E-state index contributed by atoms with van der Waals surface area (Å²) < 4.78 is 5.13. The summed E-state index contributed by atoms with van der Waals surface area (Å²) in [6.45, 7) is 0.887. The van der Waals surface area contributed by atoms with E-state index in [0.717, 1.165) is 5.52 Å². The van der Waals surface area contributed by atoms with Crippen molar-refractivity contribution >= 4 is 22.5 Å². The topological polar surface area (TPSA) is 113 Å². The van der Waals surface area contributed by atoms with E-state index in [2.05, 4.69) is 15.5 Å². The third-order valence-corrected chi connectivity index (χ3v) is 3.46. The molecule has 1 aliphatic heterocycles. The number of nitrogens with one attached hydrogen (secondary N) is 2. The molecule has 5 N–H and O–H groups in total. The Morgan fingerprint density at radius 3 is 3.20 bits per heavy atom. The minimum atomic E-state index is -0.985. The molecule has 1 atom stereocenters. The standard InChI is InChI=1S/C13H16N4O3/c14-8-1-2-10-9(5-8)11(17-16-10)12(18)15-6-13(19)3-4-20-7-13/h1-2,5,19H,3-4,6-7,14H2,(H,15,18)(H,16,17). The quantitative estimate of drug-likeness (QED) is 0.590. The van der Waals surface area contributed by atoms with E-state index in [4.69, 9.17) is 10.5 Å². The first-order valence-corrected chi connectivity index (χ1v) is 6.39. The number of H-pyrrole nitrogens is 1. The first-order chi connectivity index (χ1) is 9.57. The number of nitrogens with two attached hydrogens (primary N) is 1. The second kappa shape index (κ2) is 4.77. The summed E-state index contributed by atoms with van der Waals surface area (Å²) >= 11 is 0. The van der Waals surface area contributed by atoms with Crippen molar-refractivity contribution in [3.8, 4) is 0 Å². The lowest BCUT2D eigenvalue weighted by Gasteiger charge is -2.20. The number of nitrogens with zero attached hydrogens (tertiary/aromatic N) is 1. The van der Waals surface area contributed by atoms with Crippen LogP contribution in [0.3, 0.4) is 0 Å². The number of carbonyl (C=O) groups excluding carboxylic acids is 1. The molecule has 2 aromatic rings. The molecule has 1 saturated heterocycles. The fraction of sp³-hybridized carbons (Fsp3) is 0.385. The second-order valence-corrected chi connectivity index (χ2v) is 5.09. The molecule has 3 rings (SSSR count). The smallest absolute Gasteiger partial charge is 0.272 e. The van der Waals surface area contributed by atoms with Crippen LogP contribution in [0.5, 0.6) is 0 Å². The molecule has 1 unspecified atom stereocenters. The van der Waals surface area contributed by atoms with Gasteiger partial charge in [0.05, 0.1) is 12.1 Å². The van der Waals surface area contributed by atoms with E-state index in [1.165, 1.54) is 0 Å². The molecule has 1 fully saturated rings. The minimum absolute atomic E-state index is 0.141. The number of aromatic nitrogens is 2. The highest BCUT2D eigenvalue weighted by Crippen LogP contribution is 2.20. The molecule has 2 heterocycles. The van der Waals surface area contributed by atoms with Gasteiger partial charge in [0.1, 0.15) is 5.60 Å². The summed E-state index contributed by atoms with van der Waals surface area (Å²) in [6.07, 6.45) is 0.515. The van der Waals surface area contributed by atoms with Crippen LogP contribution in [0.25, 0.3) is 10.9 Å². The number of anilines is 1. The van der Waals surface area contributed by atoms with Gasteiger partial charge in [-0.3, -0.25) is 9.89 Å². The van der Waals surface area contributed by atoms with Crippen molar-refractivity contribution in [2.75, 3.05) is 25.5 Å². The van der Waals surface area contributed by atoms with E-state index in [9.17, 15) is 9.90 Å². The van der Waals surface area contributed by atoms with E-state index in [1.54, 1.807) is 18.2 Å². The first-order valence-electron chi connectivity index (χ1n) is 6.39. The molecule has 7 nitrogen and oxygen atoms in total. The Labute approximate surface area is 115 Å². The van der Waals surface area contributed by atoms with Gasteiger partial charge < -0.3 is 20.9 Å². The number of carbonyl (C=O) groups is 1. The van der Waals surface area contributed by atoms with Gasteiger partial charge in [0.2, 0.25) is 0 Å². The Morgan fingerprint density at radius 2 is 2.45 bits per heavy atom. The van der Waals surface area contributed by atoms with Crippen LogP contribution in [0.15, 0.2) is 18.2 Å². The van der Waals surface area contributed by atoms with Crippen LogP contribution in [-0.4, -0.2) is 46.6 Å². The van der Waals surface area contributed by atoms with Crippen LogP contribution >= 0.6 is 0 Å². The average molecular weight is 276 g/mol. The maximum atomic E-state index is 12.1. The average Bonchev–Trinajstić information content (AvgIpc) is 3.03. The maximum Gasteiger partial charge on any atom is 0.272 e. The fourth-order valence-corrected chi connectivity index (χ4v) is 2.27. The molecule has 1 aromatic heterocycles. The molecule has 0 aliphatic carbocycles. The van der Waals surface area contributed by atoms with Gasteiger partial charge in [0.25, 0.3) is 5.91 Å². The van der Waals surface area contributed by atoms with Gasteiger partial charge in [-0.1, -0.05) is 0 Å². The SMILES string of the molecule is Nc1ccc2[nH]nc(C(=O)NCC3(O)CCOC3)c2c1. The van der Waals surface area contributed by atoms with Crippen LogP contribution in [0.1, 0.15) is 16.9 Å². The van der Waals surface area contributed by atoms with Crippen molar-refractivity contribution in [3.63, 3.8) is 0 Å². The van der Waals surface area contributed by atoms with Gasteiger partial charge in [-0.05, 0) is 18.2 Å². The van der Waals surface area contributed by atoms with Crippen molar-refractivity contribution in [1.29, 1.82) is 0 Å². The predicted molar refractivity (Wildman–Crippen MR) is 73.2 cm³/mol. The zero-order valence-corrected chi connectivity index (χ0v) is 10.8. The van der Waals surface area contributed by atoms with Gasteiger partial charge in [-0.15, -0.1) is 0 Å². The zero-order valence-electron chi connectivity index (χ0n) is 10.8. The van der Waals surface area contributed by atoms with Gasteiger partial charge in [-0.25, -0.2) is 0 Å². The molecule has 0 saturated carbocycles. The Bertz CT molecular complexity index is 646. The highest BCUT2D eigenvalue weighted by Gasteiger charge is 2.32. The molecular weight excluding hydrogens is 260 g/mol. The number of ether oxygens (including phenoxy) is 1. The van der Waals surface area contributed by atoms with Crippen LogP contribution in [0.2, 0.25) is 0 Å². The summed E-state index contributed by atoms with van der Waals surface area (Å²) in [5.41, 5.74) is 6.31. The normalized spacial score (nSPS) is 22.2. The highest BCUT2D eigenvalue weighted by atomic mass is 16.5. The lowest BCUT2D eigenvalue weighted by atomic mass is 10.0. The molecule has 0 bridgehead atoms. The van der Waals surface area contributed by atoms with E-state index >= 15 is 0 Å². The van der Waals surface area contributed by atoms with Crippen LogP contribution in [0.4, 0.5) is 5.69 Å².